The van der Waals surface area contributed by atoms with E-state index in [0.717, 1.165) is 4.47 Å². The second-order valence-corrected chi connectivity index (χ2v) is 9.83. The molecule has 0 aliphatic heterocycles. The normalized spacial score (nSPS) is 22.2. The molecule has 0 spiro atoms. The highest BCUT2D eigenvalue weighted by molar-refractivity contribution is 9.10. The first-order chi connectivity index (χ1) is 11.9. The van der Waals surface area contributed by atoms with Crippen molar-refractivity contribution in [2.45, 2.75) is 64.9 Å². The second-order valence-electron chi connectivity index (χ2n) is 8.91. The molecule has 4 nitrogen and oxygen atoms in total. The molecule has 2 atom stereocenters. The monoisotopic (exact) mass is 419 g/mol. The number of hydrogen-bond acceptors (Lipinski definition) is 4. The van der Waals surface area contributed by atoms with Gasteiger partial charge in [-0.05, 0) is 56.2 Å². The molecular weight excluding hydrogens is 394 g/mol. The summed E-state index contributed by atoms with van der Waals surface area (Å²) in [4.78, 5) is 25.6. The molecule has 26 heavy (non-hydrogen) atoms. The van der Waals surface area contributed by atoms with E-state index in [1.54, 1.807) is 32.9 Å². The molecular formula is C21H26BrNO3. The third-order valence-corrected chi connectivity index (χ3v) is 5.29. The first-order valence-corrected chi connectivity index (χ1v) is 9.61. The Morgan fingerprint density at radius 1 is 1.27 bits per heavy atom. The number of hydrogen-bond donors (Lipinski definition) is 0. The summed E-state index contributed by atoms with van der Waals surface area (Å²) in [5.74, 6) is -0.906. The summed E-state index contributed by atoms with van der Waals surface area (Å²) >= 11 is 3.39. The molecule has 5 heteroatoms. The summed E-state index contributed by atoms with van der Waals surface area (Å²) in [5.41, 5.74) is -1.89. The third-order valence-electron chi connectivity index (χ3n) is 4.76. The van der Waals surface area contributed by atoms with Gasteiger partial charge in [0, 0.05) is 17.3 Å². The van der Waals surface area contributed by atoms with Crippen LogP contribution in [0.1, 0.15) is 59.4 Å². The molecule has 0 N–H and O–H groups in total. The van der Waals surface area contributed by atoms with Crippen LogP contribution in [0.2, 0.25) is 0 Å². The summed E-state index contributed by atoms with van der Waals surface area (Å²) in [6.45, 7) is 9.37. The summed E-state index contributed by atoms with van der Waals surface area (Å²) in [5, 5.41) is 10.2. The van der Waals surface area contributed by atoms with Crippen LogP contribution in [0.15, 0.2) is 28.7 Å². The second kappa shape index (κ2) is 7.15. The molecule has 1 aromatic rings. The number of nitriles is 1. The van der Waals surface area contributed by atoms with Gasteiger partial charge in [0.2, 0.25) is 0 Å². The summed E-state index contributed by atoms with van der Waals surface area (Å²) in [6, 6.07) is 9.41. The lowest BCUT2D eigenvalue weighted by atomic mass is 9.60. The van der Waals surface area contributed by atoms with Crippen LogP contribution in [-0.2, 0) is 19.7 Å². The van der Waals surface area contributed by atoms with Crippen LogP contribution in [0.4, 0.5) is 0 Å². The molecule has 0 heterocycles. The minimum absolute atomic E-state index is 0.0894. The van der Waals surface area contributed by atoms with Gasteiger partial charge in [0.25, 0.3) is 0 Å². The Kier molecular flexibility index (Phi) is 5.68. The molecule has 1 saturated carbocycles. The van der Waals surface area contributed by atoms with Crippen LogP contribution in [0.25, 0.3) is 0 Å². The topological polar surface area (TPSA) is 67.2 Å². The van der Waals surface area contributed by atoms with Gasteiger partial charge in [-0.25, -0.2) is 4.79 Å². The van der Waals surface area contributed by atoms with Crippen LogP contribution >= 0.6 is 15.9 Å². The van der Waals surface area contributed by atoms with E-state index in [2.05, 4.69) is 22.0 Å². The van der Waals surface area contributed by atoms with Crippen LogP contribution in [-0.4, -0.2) is 17.4 Å². The van der Waals surface area contributed by atoms with Gasteiger partial charge in [-0.3, -0.25) is 4.79 Å². The van der Waals surface area contributed by atoms with E-state index in [1.807, 2.05) is 26.0 Å². The summed E-state index contributed by atoms with van der Waals surface area (Å²) < 4.78 is 6.51. The zero-order chi connectivity index (χ0) is 19.8. The van der Waals surface area contributed by atoms with Crippen molar-refractivity contribution in [1.82, 2.24) is 0 Å². The summed E-state index contributed by atoms with van der Waals surface area (Å²) in [6.07, 6.45) is 1.30. The van der Waals surface area contributed by atoms with Gasteiger partial charge >= 0.3 is 5.97 Å². The predicted octanol–water partition coefficient (Wildman–Crippen LogP) is 4.95. The van der Waals surface area contributed by atoms with E-state index in [1.165, 1.54) is 0 Å². The molecule has 1 fully saturated rings. The number of rotatable bonds is 3. The lowest BCUT2D eigenvalue weighted by molar-refractivity contribution is -0.163. The minimum Gasteiger partial charge on any atom is -0.459 e. The van der Waals surface area contributed by atoms with E-state index in [0.29, 0.717) is 18.4 Å². The SMILES string of the molecule is CC1(C)CC(=O)C[C@H]([C@@](C#N)(C(=O)OC(C)(C)C)c2ccc(Br)cc2)C1. The van der Waals surface area contributed by atoms with E-state index in [-0.39, 0.29) is 17.6 Å². The number of ether oxygens (including phenoxy) is 1. The standard InChI is InChI=1S/C21H26BrNO3/c1-19(2,3)26-18(25)21(13-23,14-6-8-16(22)9-7-14)15-10-17(24)12-20(4,5)11-15/h6-9,15H,10-12H2,1-5H3/t15-,21-/m0/s1. The van der Waals surface area contributed by atoms with Gasteiger partial charge < -0.3 is 4.74 Å². The lowest BCUT2D eigenvalue weighted by Gasteiger charge is -2.42. The number of benzene rings is 1. The molecule has 1 aromatic carbocycles. The molecule has 140 valence electrons. The molecule has 0 amide bonds. The quantitative estimate of drug-likeness (QED) is 0.649. The van der Waals surface area contributed by atoms with E-state index in [4.69, 9.17) is 4.74 Å². The van der Waals surface area contributed by atoms with Crippen molar-refractivity contribution in [3.63, 3.8) is 0 Å². The van der Waals surface area contributed by atoms with Crippen LogP contribution in [0.3, 0.4) is 0 Å². The Morgan fingerprint density at radius 3 is 2.31 bits per heavy atom. The number of Topliss-reactive ketones (excluding diaryl/α,β-unsaturated/α-hetero) is 1. The maximum Gasteiger partial charge on any atom is 0.331 e. The zero-order valence-electron chi connectivity index (χ0n) is 16.1. The van der Waals surface area contributed by atoms with E-state index >= 15 is 0 Å². The van der Waals surface area contributed by atoms with Gasteiger partial charge in [-0.15, -0.1) is 0 Å². The highest BCUT2D eigenvalue weighted by Gasteiger charge is 2.53. The minimum atomic E-state index is -1.50. The molecule has 0 saturated heterocycles. The highest BCUT2D eigenvalue weighted by atomic mass is 79.9. The molecule has 0 unspecified atom stereocenters. The fourth-order valence-corrected chi connectivity index (χ4v) is 4.06. The van der Waals surface area contributed by atoms with E-state index < -0.39 is 22.9 Å². The molecule has 2 rings (SSSR count). The number of halogens is 1. The molecule has 0 aromatic heterocycles. The third kappa shape index (κ3) is 4.35. The number of carbonyl (C=O) groups is 2. The largest absolute Gasteiger partial charge is 0.459 e. The zero-order valence-corrected chi connectivity index (χ0v) is 17.6. The highest BCUT2D eigenvalue weighted by Crippen LogP contribution is 2.47. The first-order valence-electron chi connectivity index (χ1n) is 8.82. The van der Waals surface area contributed by atoms with Crippen molar-refractivity contribution >= 4 is 27.7 Å². The Labute approximate surface area is 164 Å². The van der Waals surface area contributed by atoms with Crippen molar-refractivity contribution in [1.29, 1.82) is 5.26 Å². The van der Waals surface area contributed by atoms with Crippen molar-refractivity contribution < 1.29 is 14.3 Å². The Hall–Kier alpha value is -1.67. The van der Waals surface area contributed by atoms with Crippen LogP contribution in [0, 0.1) is 22.7 Å². The lowest BCUT2D eigenvalue weighted by Crippen LogP contribution is -2.49. The van der Waals surface area contributed by atoms with Crippen molar-refractivity contribution in [3.05, 3.63) is 34.3 Å². The molecule has 0 bridgehead atoms. The van der Waals surface area contributed by atoms with Gasteiger partial charge in [0.05, 0.1) is 6.07 Å². The number of carbonyl (C=O) groups excluding carboxylic acids is 2. The van der Waals surface area contributed by atoms with Crippen molar-refractivity contribution in [3.8, 4) is 6.07 Å². The first kappa shape index (κ1) is 20.6. The molecule has 1 aliphatic carbocycles. The van der Waals surface area contributed by atoms with Crippen LogP contribution in [0.5, 0.6) is 0 Å². The fraction of sp³-hybridized carbons (Fsp3) is 0.571. The average molecular weight is 420 g/mol. The van der Waals surface area contributed by atoms with Crippen molar-refractivity contribution in [2.75, 3.05) is 0 Å². The Bertz CT molecular complexity index is 740. The molecule has 0 radical (unpaired) electrons. The predicted molar refractivity (Wildman–Crippen MR) is 103 cm³/mol. The maximum atomic E-state index is 13.2. The number of ketones is 1. The van der Waals surface area contributed by atoms with Gasteiger partial charge in [-0.2, -0.15) is 5.26 Å². The van der Waals surface area contributed by atoms with Gasteiger partial charge in [-0.1, -0.05) is 41.9 Å². The van der Waals surface area contributed by atoms with E-state index in [9.17, 15) is 14.9 Å². The van der Waals surface area contributed by atoms with Gasteiger partial charge in [0.1, 0.15) is 11.4 Å². The number of nitrogens with zero attached hydrogens (tertiary/aromatic N) is 1. The average Bonchev–Trinajstić information content (AvgIpc) is 2.46. The Balaban J connectivity index is 2.60. The Morgan fingerprint density at radius 2 is 1.85 bits per heavy atom. The number of esters is 1. The van der Waals surface area contributed by atoms with Crippen LogP contribution < -0.4 is 0 Å². The molecule has 1 aliphatic rings. The smallest absolute Gasteiger partial charge is 0.331 e. The summed E-state index contributed by atoms with van der Waals surface area (Å²) in [7, 11) is 0. The van der Waals surface area contributed by atoms with Crippen molar-refractivity contribution in [2.24, 2.45) is 11.3 Å². The maximum absolute atomic E-state index is 13.2. The fourth-order valence-electron chi connectivity index (χ4n) is 3.79. The van der Waals surface area contributed by atoms with Gasteiger partial charge in [0.15, 0.2) is 5.41 Å².